The van der Waals surface area contributed by atoms with E-state index in [0.717, 1.165) is 25.1 Å². The van der Waals surface area contributed by atoms with Gasteiger partial charge in [-0.2, -0.15) is 5.26 Å². The minimum Gasteiger partial charge on any atom is -0.347 e. The molecular weight excluding hydrogens is 216 g/mol. The molecule has 0 aliphatic carbocycles. The molecule has 0 radical (unpaired) electrons. The highest BCUT2D eigenvalue weighted by atomic mass is 16.7. The number of nitrogens with one attached hydrogen (secondary N) is 1. The molecule has 0 spiro atoms. The summed E-state index contributed by atoms with van der Waals surface area (Å²) < 4.78 is 11.5. The Hall–Kier alpha value is -1.41. The number of piperidine rings is 1. The Kier molecular flexibility index (Phi) is 2.60. The number of nitrogens with zero attached hydrogens (tertiary/aromatic N) is 1. The van der Waals surface area contributed by atoms with Crippen LogP contribution in [0.5, 0.6) is 0 Å². The van der Waals surface area contributed by atoms with Gasteiger partial charge in [-0.1, -0.05) is 12.1 Å². The number of fused-ring (bicyclic) bond motifs is 1. The molecule has 2 fully saturated rings. The van der Waals surface area contributed by atoms with Crippen LogP contribution < -0.4 is 5.32 Å². The minimum absolute atomic E-state index is 0.0465. The third-order valence-corrected chi connectivity index (χ3v) is 3.59. The molecule has 0 aromatic heterocycles. The monoisotopic (exact) mass is 230 g/mol. The molecule has 4 heteroatoms. The molecule has 2 heterocycles. The van der Waals surface area contributed by atoms with Gasteiger partial charge in [0.15, 0.2) is 0 Å². The van der Waals surface area contributed by atoms with Crippen molar-refractivity contribution in [3.8, 4) is 6.07 Å². The van der Waals surface area contributed by atoms with Crippen LogP contribution >= 0.6 is 0 Å². The lowest BCUT2D eigenvalue weighted by Gasteiger charge is -2.37. The molecule has 0 saturated carbocycles. The summed E-state index contributed by atoms with van der Waals surface area (Å²) in [5, 5.41) is 12.3. The standard InChI is InChI=1S/C13H14N2O2/c14-7-10-2-1-3-11(6-10)13-4-5-15-8-12(13)16-9-17-13/h1-3,6,12,15H,4-5,8-9H2/t12-,13-/m1/s1. The topological polar surface area (TPSA) is 54.3 Å². The zero-order valence-corrected chi connectivity index (χ0v) is 9.48. The van der Waals surface area contributed by atoms with Gasteiger partial charge in [0.25, 0.3) is 0 Å². The SMILES string of the molecule is N#Cc1cccc([C@]23CCNC[C@H]2OCO3)c1. The maximum absolute atomic E-state index is 8.96. The quantitative estimate of drug-likeness (QED) is 0.785. The molecule has 17 heavy (non-hydrogen) atoms. The third-order valence-electron chi connectivity index (χ3n) is 3.59. The molecule has 2 aliphatic rings. The van der Waals surface area contributed by atoms with Gasteiger partial charge in [-0.3, -0.25) is 0 Å². The summed E-state index contributed by atoms with van der Waals surface area (Å²) in [5.41, 5.74) is 1.36. The van der Waals surface area contributed by atoms with Crippen LogP contribution in [-0.2, 0) is 15.1 Å². The van der Waals surface area contributed by atoms with Gasteiger partial charge in [0.05, 0.1) is 11.6 Å². The van der Waals surface area contributed by atoms with Gasteiger partial charge in [-0.25, -0.2) is 0 Å². The Morgan fingerprint density at radius 2 is 2.41 bits per heavy atom. The zero-order chi connectivity index (χ0) is 11.7. The van der Waals surface area contributed by atoms with E-state index in [1.807, 2.05) is 24.3 Å². The highest BCUT2D eigenvalue weighted by Gasteiger charge is 2.48. The van der Waals surface area contributed by atoms with Crippen molar-refractivity contribution in [1.82, 2.24) is 5.32 Å². The van der Waals surface area contributed by atoms with Gasteiger partial charge in [0.1, 0.15) is 18.5 Å². The summed E-state index contributed by atoms with van der Waals surface area (Å²) in [6, 6.07) is 9.82. The number of ether oxygens (including phenoxy) is 2. The second kappa shape index (κ2) is 4.11. The molecule has 1 aromatic rings. The molecule has 2 aliphatic heterocycles. The second-order valence-electron chi connectivity index (χ2n) is 4.45. The molecule has 88 valence electrons. The van der Waals surface area contributed by atoms with E-state index in [0.29, 0.717) is 12.4 Å². The number of hydrogen-bond donors (Lipinski definition) is 1. The van der Waals surface area contributed by atoms with E-state index in [1.165, 1.54) is 0 Å². The predicted octanol–water partition coefficient (Wildman–Crippen LogP) is 1.12. The third kappa shape index (κ3) is 1.64. The maximum atomic E-state index is 8.96. The van der Waals surface area contributed by atoms with Crippen LogP contribution in [0.1, 0.15) is 17.5 Å². The van der Waals surface area contributed by atoms with Gasteiger partial charge in [0.2, 0.25) is 0 Å². The van der Waals surface area contributed by atoms with Crippen molar-refractivity contribution in [2.45, 2.75) is 18.1 Å². The van der Waals surface area contributed by atoms with E-state index < -0.39 is 0 Å². The van der Waals surface area contributed by atoms with Crippen LogP contribution in [0.4, 0.5) is 0 Å². The largest absolute Gasteiger partial charge is 0.347 e. The van der Waals surface area contributed by atoms with Crippen molar-refractivity contribution < 1.29 is 9.47 Å². The van der Waals surface area contributed by atoms with E-state index in [1.54, 1.807) is 0 Å². The summed E-state index contributed by atoms with van der Waals surface area (Å²) in [7, 11) is 0. The van der Waals surface area contributed by atoms with Gasteiger partial charge < -0.3 is 14.8 Å². The number of rotatable bonds is 1. The fourth-order valence-corrected chi connectivity index (χ4v) is 2.68. The fraction of sp³-hybridized carbons (Fsp3) is 0.462. The molecule has 2 atom stereocenters. The van der Waals surface area contributed by atoms with Gasteiger partial charge in [-0.15, -0.1) is 0 Å². The Labute approximate surface area is 100 Å². The normalized spacial score (nSPS) is 31.8. The van der Waals surface area contributed by atoms with E-state index >= 15 is 0 Å². The van der Waals surface area contributed by atoms with Crippen LogP contribution in [-0.4, -0.2) is 26.0 Å². The van der Waals surface area contributed by atoms with E-state index in [-0.39, 0.29) is 11.7 Å². The van der Waals surface area contributed by atoms with Crippen molar-refractivity contribution in [2.24, 2.45) is 0 Å². The van der Waals surface area contributed by atoms with Crippen LogP contribution in [0.3, 0.4) is 0 Å². The Morgan fingerprint density at radius 1 is 1.47 bits per heavy atom. The number of hydrogen-bond acceptors (Lipinski definition) is 4. The summed E-state index contributed by atoms with van der Waals surface area (Å²) in [6.45, 7) is 2.05. The zero-order valence-electron chi connectivity index (χ0n) is 9.48. The van der Waals surface area contributed by atoms with Crippen LogP contribution in [0, 0.1) is 11.3 Å². The highest BCUT2D eigenvalue weighted by Crippen LogP contribution is 2.40. The smallest absolute Gasteiger partial charge is 0.148 e. The van der Waals surface area contributed by atoms with Crippen molar-refractivity contribution in [2.75, 3.05) is 19.9 Å². The second-order valence-corrected chi connectivity index (χ2v) is 4.45. The van der Waals surface area contributed by atoms with Crippen molar-refractivity contribution in [1.29, 1.82) is 5.26 Å². The van der Waals surface area contributed by atoms with Crippen LogP contribution in [0.2, 0.25) is 0 Å². The van der Waals surface area contributed by atoms with E-state index in [2.05, 4.69) is 11.4 Å². The summed E-state index contributed by atoms with van der Waals surface area (Å²) in [4.78, 5) is 0. The molecule has 0 unspecified atom stereocenters. The van der Waals surface area contributed by atoms with Crippen molar-refractivity contribution in [3.05, 3.63) is 35.4 Å². The first-order valence-electron chi connectivity index (χ1n) is 5.82. The van der Waals surface area contributed by atoms with Crippen LogP contribution in [0.15, 0.2) is 24.3 Å². The Bertz CT molecular complexity index is 469. The van der Waals surface area contributed by atoms with E-state index in [4.69, 9.17) is 14.7 Å². The fourth-order valence-electron chi connectivity index (χ4n) is 2.68. The average Bonchev–Trinajstić information content (AvgIpc) is 2.84. The predicted molar refractivity (Wildman–Crippen MR) is 61.1 cm³/mol. The lowest BCUT2D eigenvalue weighted by Crippen LogP contribution is -2.50. The number of nitriles is 1. The molecule has 2 saturated heterocycles. The molecule has 0 amide bonds. The Morgan fingerprint density at radius 3 is 3.29 bits per heavy atom. The molecule has 1 N–H and O–H groups in total. The molecule has 1 aromatic carbocycles. The molecule has 4 nitrogen and oxygen atoms in total. The lowest BCUT2D eigenvalue weighted by molar-refractivity contribution is -0.0267. The van der Waals surface area contributed by atoms with E-state index in [9.17, 15) is 0 Å². The summed E-state index contributed by atoms with van der Waals surface area (Å²) >= 11 is 0. The average molecular weight is 230 g/mol. The lowest BCUT2D eigenvalue weighted by atomic mass is 9.82. The molecule has 0 bridgehead atoms. The number of benzene rings is 1. The van der Waals surface area contributed by atoms with Crippen molar-refractivity contribution >= 4 is 0 Å². The molecular formula is C13H14N2O2. The summed E-state index contributed by atoms with van der Waals surface area (Å²) in [6.07, 6.45) is 0.928. The molecule has 3 rings (SSSR count). The Balaban J connectivity index is 2.03. The minimum atomic E-state index is -0.363. The van der Waals surface area contributed by atoms with Gasteiger partial charge in [0, 0.05) is 6.54 Å². The van der Waals surface area contributed by atoms with Gasteiger partial charge in [-0.05, 0) is 30.7 Å². The maximum Gasteiger partial charge on any atom is 0.148 e. The highest BCUT2D eigenvalue weighted by molar-refractivity contribution is 5.37. The van der Waals surface area contributed by atoms with Crippen LogP contribution in [0.25, 0.3) is 0 Å². The first-order valence-corrected chi connectivity index (χ1v) is 5.82. The first kappa shape index (κ1) is 10.7. The summed E-state index contributed by atoms with van der Waals surface area (Å²) in [5.74, 6) is 0. The van der Waals surface area contributed by atoms with Gasteiger partial charge >= 0.3 is 0 Å². The van der Waals surface area contributed by atoms with Crippen molar-refractivity contribution in [3.63, 3.8) is 0 Å². The first-order chi connectivity index (χ1) is 8.35.